The minimum absolute atomic E-state index is 0.493. The van der Waals surface area contributed by atoms with Gasteiger partial charge in [0.15, 0.2) is 6.21 Å². The van der Waals surface area contributed by atoms with Crippen LogP contribution in [0.4, 0.5) is 5.69 Å². The molecule has 3 rings (SSSR count). The van der Waals surface area contributed by atoms with Crippen molar-refractivity contribution in [2.75, 3.05) is 11.9 Å². The Bertz CT molecular complexity index is 882. The predicted molar refractivity (Wildman–Crippen MR) is 114 cm³/mol. The molecule has 0 saturated carbocycles. The van der Waals surface area contributed by atoms with Crippen molar-refractivity contribution in [3.8, 4) is 5.75 Å². The van der Waals surface area contributed by atoms with Crippen molar-refractivity contribution < 1.29 is 9.84 Å². The first-order chi connectivity index (χ1) is 13.3. The Balaban J connectivity index is 1.46. The predicted octanol–water partition coefficient (Wildman–Crippen LogP) is 2.71. The van der Waals surface area contributed by atoms with Gasteiger partial charge in [-0.15, -0.1) is 10.5 Å². The summed E-state index contributed by atoms with van der Waals surface area (Å²) >= 11 is 5.25. The molecule has 0 aliphatic carbocycles. The Morgan fingerprint density at radius 1 is 0.926 bits per heavy atom. The van der Waals surface area contributed by atoms with Gasteiger partial charge in [0.05, 0.1) is 6.61 Å². The van der Waals surface area contributed by atoms with Gasteiger partial charge in [-0.3, -0.25) is 0 Å². The summed E-state index contributed by atoms with van der Waals surface area (Å²) in [6.45, 7) is 0.643. The summed E-state index contributed by atoms with van der Waals surface area (Å²) in [5.41, 5.74) is 6.13. The van der Waals surface area contributed by atoms with E-state index in [0.717, 1.165) is 23.4 Å². The van der Waals surface area contributed by atoms with Crippen LogP contribution in [0.15, 0.2) is 84.9 Å². The largest absolute Gasteiger partial charge is 0.493 e. The smallest absolute Gasteiger partial charge is 0.228 e. The average molecular weight is 377 g/mol. The zero-order valence-corrected chi connectivity index (χ0v) is 15.7. The molecule has 136 valence electrons. The molecule has 0 fully saturated rings. The molecule has 0 saturated heterocycles. The fourth-order valence-electron chi connectivity index (χ4n) is 2.49. The average Bonchev–Trinajstić information content (AvgIpc) is 2.70. The van der Waals surface area contributed by atoms with Crippen LogP contribution in [0.1, 0.15) is 11.1 Å². The first-order valence-electron chi connectivity index (χ1n) is 8.77. The van der Waals surface area contributed by atoms with Crippen molar-refractivity contribution in [3.63, 3.8) is 0 Å². The Hall–Kier alpha value is -3.18. The molecule has 0 radical (unpaired) electrons. The van der Waals surface area contributed by atoms with Gasteiger partial charge in [-0.25, -0.2) is 0 Å². The Labute approximate surface area is 164 Å². The molecule has 0 unspecified atom stereocenters. The number of benzene rings is 3. The fraction of sp³-hybridized carbons (Fsp3) is 0.0909. The van der Waals surface area contributed by atoms with Crippen LogP contribution in [-0.2, 0) is 6.42 Å². The first-order valence-corrected chi connectivity index (χ1v) is 9.18. The topological polar surface area (TPSA) is 47.3 Å². The van der Waals surface area contributed by atoms with Crippen molar-refractivity contribution in [2.45, 2.75) is 6.42 Å². The highest BCUT2D eigenvalue weighted by Crippen LogP contribution is 2.12. The summed E-state index contributed by atoms with van der Waals surface area (Å²) in [5.74, 6) is 0.839. The summed E-state index contributed by atoms with van der Waals surface area (Å²) in [6.07, 6.45) is 2.72. The maximum absolute atomic E-state index is 5.85. The zero-order valence-electron chi connectivity index (χ0n) is 14.9. The molecule has 27 heavy (non-hydrogen) atoms. The molecule has 0 atom stereocenters. The van der Waals surface area contributed by atoms with Crippen LogP contribution in [0.5, 0.6) is 5.75 Å². The van der Waals surface area contributed by atoms with Crippen LogP contribution >= 0.6 is 12.2 Å². The molecule has 0 aliphatic rings. The number of hydrogen-bond acceptors (Lipinski definition) is 2. The number of para-hydroxylation sites is 1. The third-order valence-electron chi connectivity index (χ3n) is 3.82. The van der Waals surface area contributed by atoms with E-state index >= 15 is 0 Å². The van der Waals surface area contributed by atoms with Crippen LogP contribution in [0.3, 0.4) is 0 Å². The normalized spacial score (nSPS) is 10.5. The van der Waals surface area contributed by atoms with Crippen LogP contribution in [-0.4, -0.2) is 17.9 Å². The Kier molecular flexibility index (Phi) is 6.95. The summed E-state index contributed by atoms with van der Waals surface area (Å²) in [7, 11) is 0. The van der Waals surface area contributed by atoms with Crippen molar-refractivity contribution in [1.82, 2.24) is 5.43 Å². The van der Waals surface area contributed by atoms with Gasteiger partial charge in [-0.1, -0.05) is 54.6 Å². The lowest BCUT2D eigenvalue weighted by atomic mass is 10.2. The Morgan fingerprint density at radius 3 is 2.44 bits per heavy atom. The number of ether oxygens (including phenoxy) is 1. The van der Waals surface area contributed by atoms with Gasteiger partial charge in [0, 0.05) is 17.7 Å². The SMILES string of the molecule is S=C(N[NH+]=Cc1cccc(OCCc2ccccc2)c1)Nc1ccccc1. The molecule has 0 aromatic heterocycles. The fourth-order valence-corrected chi connectivity index (χ4v) is 2.67. The lowest BCUT2D eigenvalue weighted by Crippen LogP contribution is -2.82. The van der Waals surface area contributed by atoms with E-state index in [1.807, 2.05) is 79.0 Å². The van der Waals surface area contributed by atoms with E-state index in [-0.39, 0.29) is 0 Å². The summed E-state index contributed by atoms with van der Waals surface area (Å²) < 4.78 is 5.85. The van der Waals surface area contributed by atoms with Gasteiger partial charge in [-0.05, 0) is 48.1 Å². The van der Waals surface area contributed by atoms with Crippen molar-refractivity contribution in [2.24, 2.45) is 0 Å². The number of hydrazine groups is 1. The third-order valence-corrected chi connectivity index (χ3v) is 4.02. The maximum Gasteiger partial charge on any atom is 0.228 e. The number of anilines is 1. The second-order valence-electron chi connectivity index (χ2n) is 5.89. The Morgan fingerprint density at radius 2 is 1.67 bits per heavy atom. The van der Waals surface area contributed by atoms with E-state index < -0.39 is 0 Å². The van der Waals surface area contributed by atoms with E-state index in [1.54, 1.807) is 0 Å². The first kappa shape index (κ1) is 18.6. The molecule has 0 bridgehead atoms. The highest BCUT2D eigenvalue weighted by Gasteiger charge is 2.00. The molecular weight excluding hydrogens is 354 g/mol. The lowest BCUT2D eigenvalue weighted by molar-refractivity contribution is -0.499. The highest BCUT2D eigenvalue weighted by molar-refractivity contribution is 7.80. The maximum atomic E-state index is 5.85. The number of hydrogen-bond donors (Lipinski definition) is 3. The molecule has 0 heterocycles. The molecule has 4 nitrogen and oxygen atoms in total. The zero-order chi connectivity index (χ0) is 18.7. The van der Waals surface area contributed by atoms with Gasteiger partial charge in [-0.2, -0.15) is 0 Å². The van der Waals surface area contributed by atoms with Crippen molar-refractivity contribution in [1.29, 1.82) is 0 Å². The molecule has 3 N–H and O–H groups in total. The van der Waals surface area contributed by atoms with Crippen LogP contribution in [0.2, 0.25) is 0 Å². The van der Waals surface area contributed by atoms with Crippen LogP contribution in [0, 0.1) is 0 Å². The highest BCUT2D eigenvalue weighted by atomic mass is 32.1. The van der Waals surface area contributed by atoms with Crippen molar-refractivity contribution >= 4 is 29.2 Å². The summed E-state index contributed by atoms with van der Waals surface area (Å²) in [6, 6.07) is 28.0. The van der Waals surface area contributed by atoms with Crippen LogP contribution in [0.25, 0.3) is 0 Å². The second-order valence-corrected chi connectivity index (χ2v) is 6.30. The summed E-state index contributed by atoms with van der Waals surface area (Å²) in [5, 5.41) is 6.59. The van der Waals surface area contributed by atoms with E-state index in [9.17, 15) is 0 Å². The molecule has 5 heteroatoms. The van der Waals surface area contributed by atoms with Gasteiger partial charge in [0.25, 0.3) is 0 Å². The number of thiocarbonyl (C=S) groups is 1. The molecule has 0 aliphatic heterocycles. The monoisotopic (exact) mass is 376 g/mol. The third kappa shape index (κ3) is 6.56. The standard InChI is InChI=1S/C22H21N3OS/c27-22(24-20-11-5-2-6-12-20)25-23-17-19-10-7-13-21(16-19)26-15-14-18-8-3-1-4-9-18/h1-13,16-17H,14-15H2,(H2,24,25,27)/p+1. The van der Waals surface area contributed by atoms with Gasteiger partial charge < -0.3 is 10.1 Å². The second kappa shape index (κ2) is 10.1. The molecule has 3 aromatic carbocycles. The van der Waals surface area contributed by atoms with E-state index in [2.05, 4.69) is 28.0 Å². The number of rotatable bonds is 7. The van der Waals surface area contributed by atoms with E-state index in [4.69, 9.17) is 17.0 Å². The minimum Gasteiger partial charge on any atom is -0.493 e. The molecule has 0 amide bonds. The lowest BCUT2D eigenvalue weighted by Gasteiger charge is -2.06. The summed E-state index contributed by atoms with van der Waals surface area (Å²) in [4.78, 5) is 0. The number of hydrazone groups is 1. The molecular formula is C22H22N3OS+. The molecule has 0 spiro atoms. The van der Waals surface area contributed by atoms with Crippen LogP contribution < -0.4 is 20.6 Å². The van der Waals surface area contributed by atoms with Gasteiger partial charge in [0.1, 0.15) is 5.75 Å². The van der Waals surface area contributed by atoms with E-state index in [1.165, 1.54) is 5.56 Å². The van der Waals surface area contributed by atoms with Gasteiger partial charge >= 0.3 is 0 Å². The minimum atomic E-state index is 0.493. The van der Waals surface area contributed by atoms with E-state index in [0.29, 0.717) is 11.7 Å². The molecule has 3 aromatic rings. The van der Waals surface area contributed by atoms with Gasteiger partial charge in [0.2, 0.25) is 5.11 Å². The number of nitrogens with one attached hydrogen (secondary N) is 3. The van der Waals surface area contributed by atoms with Crippen molar-refractivity contribution in [3.05, 3.63) is 96.1 Å². The quantitative estimate of drug-likeness (QED) is 0.337.